The molecule has 0 saturated heterocycles. The standard InChI is InChI=1S/C22H26N4OS/c1-22(2,3)21-23-13-19(28-21)20(27)25-17-10-7-11-18-16(17)12-24-26(18)14-15-8-5-4-6-9-15/h4-6,8-9,12-13,17H,7,10-11,14H2,1-3H3,(H,25,27). The Labute approximate surface area is 169 Å². The molecule has 1 aromatic carbocycles. The van der Waals surface area contributed by atoms with E-state index < -0.39 is 0 Å². The number of nitrogens with one attached hydrogen (secondary N) is 1. The molecule has 28 heavy (non-hydrogen) atoms. The minimum absolute atomic E-state index is 0.0148. The largest absolute Gasteiger partial charge is 0.344 e. The first-order chi connectivity index (χ1) is 13.4. The maximum Gasteiger partial charge on any atom is 0.263 e. The number of carbonyl (C=O) groups excluding carboxylic acids is 1. The van der Waals surface area contributed by atoms with E-state index in [-0.39, 0.29) is 17.4 Å². The molecule has 3 aromatic rings. The molecule has 0 fully saturated rings. The Kier molecular flexibility index (Phi) is 5.06. The Morgan fingerprint density at radius 1 is 1.25 bits per heavy atom. The van der Waals surface area contributed by atoms with Gasteiger partial charge in [-0.25, -0.2) is 4.98 Å². The van der Waals surface area contributed by atoms with Crippen LogP contribution in [0.25, 0.3) is 0 Å². The fourth-order valence-electron chi connectivity index (χ4n) is 3.62. The van der Waals surface area contributed by atoms with Crippen LogP contribution in [0, 0.1) is 0 Å². The summed E-state index contributed by atoms with van der Waals surface area (Å²) in [5.41, 5.74) is 3.58. The van der Waals surface area contributed by atoms with Gasteiger partial charge in [0, 0.05) is 16.7 Å². The fourth-order valence-corrected chi connectivity index (χ4v) is 4.49. The lowest BCUT2D eigenvalue weighted by Gasteiger charge is -2.24. The van der Waals surface area contributed by atoms with E-state index in [0.29, 0.717) is 4.88 Å². The first-order valence-electron chi connectivity index (χ1n) is 9.77. The Balaban J connectivity index is 1.50. The molecule has 0 aliphatic heterocycles. The monoisotopic (exact) mass is 394 g/mol. The van der Waals surface area contributed by atoms with Gasteiger partial charge in [0.15, 0.2) is 0 Å². The molecule has 1 atom stereocenters. The van der Waals surface area contributed by atoms with Crippen LogP contribution in [-0.4, -0.2) is 20.7 Å². The summed E-state index contributed by atoms with van der Waals surface area (Å²) >= 11 is 1.48. The van der Waals surface area contributed by atoms with Crippen molar-refractivity contribution in [3.8, 4) is 0 Å². The maximum absolute atomic E-state index is 12.8. The molecule has 1 N–H and O–H groups in total. The predicted octanol–water partition coefficient (Wildman–Crippen LogP) is 4.49. The summed E-state index contributed by atoms with van der Waals surface area (Å²) < 4.78 is 2.08. The van der Waals surface area contributed by atoms with Crippen molar-refractivity contribution < 1.29 is 4.79 Å². The average molecular weight is 395 g/mol. The smallest absolute Gasteiger partial charge is 0.263 e. The molecule has 1 unspecified atom stereocenters. The third-order valence-electron chi connectivity index (χ3n) is 5.11. The molecular formula is C22H26N4OS. The highest BCUT2D eigenvalue weighted by Crippen LogP contribution is 2.31. The number of amides is 1. The van der Waals surface area contributed by atoms with E-state index in [2.05, 4.69) is 65.1 Å². The number of aromatic nitrogens is 3. The summed E-state index contributed by atoms with van der Waals surface area (Å²) in [4.78, 5) is 17.9. The maximum atomic E-state index is 12.8. The van der Waals surface area contributed by atoms with Gasteiger partial charge in [0.25, 0.3) is 5.91 Å². The summed E-state index contributed by atoms with van der Waals surface area (Å²) in [7, 11) is 0. The molecule has 0 saturated carbocycles. The number of benzene rings is 1. The number of nitrogens with zero attached hydrogens (tertiary/aromatic N) is 3. The van der Waals surface area contributed by atoms with Crippen molar-refractivity contribution in [2.45, 2.75) is 58.0 Å². The molecule has 1 aliphatic carbocycles. The summed E-state index contributed by atoms with van der Waals surface area (Å²) in [6.45, 7) is 7.10. The Morgan fingerprint density at radius 3 is 2.75 bits per heavy atom. The van der Waals surface area contributed by atoms with Gasteiger partial charge in [-0.05, 0) is 24.8 Å². The second-order valence-electron chi connectivity index (χ2n) is 8.39. The van der Waals surface area contributed by atoms with Crippen molar-refractivity contribution in [1.29, 1.82) is 0 Å². The van der Waals surface area contributed by atoms with Crippen molar-refractivity contribution >= 4 is 17.2 Å². The summed E-state index contributed by atoms with van der Waals surface area (Å²) in [5.74, 6) is -0.0401. The molecule has 0 bridgehead atoms. The molecule has 1 aliphatic rings. The van der Waals surface area contributed by atoms with Crippen LogP contribution in [0.5, 0.6) is 0 Å². The van der Waals surface area contributed by atoms with Gasteiger partial charge < -0.3 is 5.32 Å². The van der Waals surface area contributed by atoms with Gasteiger partial charge in [0.05, 0.1) is 30.0 Å². The third-order valence-corrected chi connectivity index (χ3v) is 6.54. The lowest BCUT2D eigenvalue weighted by Crippen LogP contribution is -2.30. The molecule has 1 amide bonds. The molecular weight excluding hydrogens is 368 g/mol. The van der Waals surface area contributed by atoms with Crippen LogP contribution >= 0.6 is 11.3 Å². The minimum atomic E-state index is -0.0419. The number of carbonyl (C=O) groups is 1. The number of hydrogen-bond acceptors (Lipinski definition) is 4. The SMILES string of the molecule is CC(C)(C)c1ncc(C(=O)NC2CCCc3c2cnn3Cc2ccccc2)s1. The number of fused-ring (bicyclic) bond motifs is 1. The van der Waals surface area contributed by atoms with Gasteiger partial charge in [-0.3, -0.25) is 9.48 Å². The molecule has 2 heterocycles. The Hall–Kier alpha value is -2.47. The predicted molar refractivity (Wildman–Crippen MR) is 112 cm³/mol. The van der Waals surface area contributed by atoms with Crippen molar-refractivity contribution in [2.24, 2.45) is 0 Å². The van der Waals surface area contributed by atoms with Gasteiger partial charge in [-0.2, -0.15) is 5.10 Å². The van der Waals surface area contributed by atoms with Crippen LogP contribution in [-0.2, 0) is 18.4 Å². The molecule has 4 rings (SSSR count). The van der Waals surface area contributed by atoms with Crippen molar-refractivity contribution in [1.82, 2.24) is 20.1 Å². The second kappa shape index (κ2) is 7.51. The first kappa shape index (κ1) is 18.9. The molecule has 6 heteroatoms. The van der Waals surface area contributed by atoms with E-state index in [4.69, 9.17) is 0 Å². The minimum Gasteiger partial charge on any atom is -0.344 e. The van der Waals surface area contributed by atoms with E-state index in [0.717, 1.165) is 36.4 Å². The fraction of sp³-hybridized carbons (Fsp3) is 0.409. The van der Waals surface area contributed by atoms with Crippen LogP contribution in [0.4, 0.5) is 0 Å². The van der Waals surface area contributed by atoms with Crippen LogP contribution in [0.3, 0.4) is 0 Å². The lowest BCUT2D eigenvalue weighted by atomic mass is 9.93. The van der Waals surface area contributed by atoms with Gasteiger partial charge in [0.1, 0.15) is 4.88 Å². The Morgan fingerprint density at radius 2 is 2.04 bits per heavy atom. The van der Waals surface area contributed by atoms with Crippen LogP contribution < -0.4 is 5.32 Å². The van der Waals surface area contributed by atoms with E-state index in [1.54, 1.807) is 6.20 Å². The molecule has 0 spiro atoms. The number of hydrogen-bond donors (Lipinski definition) is 1. The highest BCUT2D eigenvalue weighted by Gasteiger charge is 2.27. The van der Waals surface area contributed by atoms with E-state index in [1.165, 1.54) is 22.6 Å². The number of rotatable bonds is 4. The molecule has 0 radical (unpaired) electrons. The highest BCUT2D eigenvalue weighted by molar-refractivity contribution is 7.13. The lowest BCUT2D eigenvalue weighted by molar-refractivity contribution is 0.0936. The molecule has 146 valence electrons. The van der Waals surface area contributed by atoms with E-state index in [9.17, 15) is 4.79 Å². The zero-order valence-corrected chi connectivity index (χ0v) is 17.4. The van der Waals surface area contributed by atoms with Crippen molar-refractivity contribution in [3.63, 3.8) is 0 Å². The topological polar surface area (TPSA) is 59.8 Å². The zero-order chi connectivity index (χ0) is 19.7. The Bertz CT molecular complexity index is 968. The normalized spacial score (nSPS) is 16.6. The second-order valence-corrected chi connectivity index (χ2v) is 9.42. The first-order valence-corrected chi connectivity index (χ1v) is 10.6. The van der Waals surface area contributed by atoms with E-state index >= 15 is 0 Å². The summed E-state index contributed by atoms with van der Waals surface area (Å²) in [6, 6.07) is 10.4. The zero-order valence-electron chi connectivity index (χ0n) is 16.6. The van der Waals surface area contributed by atoms with Crippen LogP contribution in [0.1, 0.15) is 71.2 Å². The van der Waals surface area contributed by atoms with Gasteiger partial charge >= 0.3 is 0 Å². The quantitative estimate of drug-likeness (QED) is 0.709. The van der Waals surface area contributed by atoms with E-state index in [1.807, 2.05) is 12.3 Å². The average Bonchev–Trinajstić information content (AvgIpc) is 3.31. The highest BCUT2D eigenvalue weighted by atomic mass is 32.1. The summed E-state index contributed by atoms with van der Waals surface area (Å²) in [6.07, 6.45) is 6.62. The van der Waals surface area contributed by atoms with Gasteiger partial charge in [-0.1, -0.05) is 51.1 Å². The van der Waals surface area contributed by atoms with Gasteiger partial charge in [0.2, 0.25) is 0 Å². The summed E-state index contributed by atoms with van der Waals surface area (Å²) in [5, 5.41) is 8.81. The number of thiazole rings is 1. The van der Waals surface area contributed by atoms with Crippen LogP contribution in [0.2, 0.25) is 0 Å². The van der Waals surface area contributed by atoms with Gasteiger partial charge in [-0.15, -0.1) is 11.3 Å². The molecule has 5 nitrogen and oxygen atoms in total. The third kappa shape index (κ3) is 3.87. The van der Waals surface area contributed by atoms with Crippen molar-refractivity contribution in [3.05, 3.63) is 69.4 Å². The van der Waals surface area contributed by atoms with Crippen molar-refractivity contribution in [2.75, 3.05) is 0 Å². The molecule has 2 aromatic heterocycles. The van der Waals surface area contributed by atoms with Crippen LogP contribution in [0.15, 0.2) is 42.7 Å².